The number of rotatable bonds is 6. The maximum atomic E-state index is 12.6. The van der Waals surface area contributed by atoms with Crippen LogP contribution in [0.1, 0.15) is 64.7 Å². The molecule has 0 radical (unpaired) electrons. The highest BCUT2D eigenvalue weighted by molar-refractivity contribution is 7.89. The zero-order valence-corrected chi connectivity index (χ0v) is 17.6. The number of hydrogen-bond donors (Lipinski definition) is 2. The van der Waals surface area contributed by atoms with Crippen molar-refractivity contribution in [3.63, 3.8) is 0 Å². The van der Waals surface area contributed by atoms with Crippen molar-refractivity contribution in [2.24, 2.45) is 0 Å². The second-order valence-electron chi connectivity index (χ2n) is 8.06. The van der Waals surface area contributed by atoms with Gasteiger partial charge in [-0.1, -0.05) is 32.1 Å². The molecule has 156 valence electrons. The Balaban J connectivity index is 1.54. The van der Waals surface area contributed by atoms with E-state index in [1.165, 1.54) is 36.4 Å². The van der Waals surface area contributed by atoms with Crippen LogP contribution in [0.2, 0.25) is 0 Å². The number of carbonyl (C=O) groups excluding carboxylic acids is 1. The first-order chi connectivity index (χ1) is 13.5. The van der Waals surface area contributed by atoms with E-state index in [-0.39, 0.29) is 16.8 Å². The molecule has 2 N–H and O–H groups in total. The minimum Gasteiger partial charge on any atom is -0.325 e. The number of hydrogen-bond acceptors (Lipinski definition) is 4. The summed E-state index contributed by atoms with van der Waals surface area (Å²) in [7, 11) is -3.42. The molecule has 1 heterocycles. The number of carbonyl (C=O) groups is 1. The van der Waals surface area contributed by atoms with Crippen LogP contribution in [-0.4, -0.2) is 43.8 Å². The molecule has 1 atom stereocenters. The van der Waals surface area contributed by atoms with Crippen molar-refractivity contribution in [2.45, 2.75) is 81.7 Å². The van der Waals surface area contributed by atoms with Crippen molar-refractivity contribution in [3.8, 4) is 0 Å². The van der Waals surface area contributed by atoms with Gasteiger partial charge >= 0.3 is 0 Å². The van der Waals surface area contributed by atoms with E-state index in [2.05, 4.69) is 10.6 Å². The van der Waals surface area contributed by atoms with E-state index in [0.29, 0.717) is 24.8 Å². The number of nitrogens with zero attached hydrogens (tertiary/aromatic N) is 1. The summed E-state index contributed by atoms with van der Waals surface area (Å²) in [6.45, 7) is 3.07. The van der Waals surface area contributed by atoms with E-state index in [4.69, 9.17) is 0 Å². The number of benzene rings is 1. The van der Waals surface area contributed by atoms with Gasteiger partial charge in [-0.25, -0.2) is 8.42 Å². The summed E-state index contributed by atoms with van der Waals surface area (Å²) >= 11 is 0. The number of nitrogens with one attached hydrogen (secondary N) is 2. The van der Waals surface area contributed by atoms with Crippen molar-refractivity contribution in [2.75, 3.05) is 18.4 Å². The molecule has 1 saturated heterocycles. The van der Waals surface area contributed by atoms with Crippen molar-refractivity contribution in [3.05, 3.63) is 24.3 Å². The van der Waals surface area contributed by atoms with Gasteiger partial charge in [0.15, 0.2) is 0 Å². The molecule has 2 fully saturated rings. The lowest BCUT2D eigenvalue weighted by molar-refractivity contribution is -0.118. The van der Waals surface area contributed by atoms with Crippen LogP contribution in [0.25, 0.3) is 0 Å². The van der Waals surface area contributed by atoms with E-state index in [9.17, 15) is 13.2 Å². The zero-order valence-electron chi connectivity index (χ0n) is 16.8. The highest BCUT2D eigenvalue weighted by Gasteiger charge is 2.27. The van der Waals surface area contributed by atoms with Crippen molar-refractivity contribution in [1.82, 2.24) is 9.62 Å². The number of anilines is 1. The second-order valence-corrected chi connectivity index (χ2v) is 9.99. The molecule has 1 aliphatic heterocycles. The van der Waals surface area contributed by atoms with E-state index in [1.54, 1.807) is 24.3 Å². The van der Waals surface area contributed by atoms with Crippen LogP contribution in [0.15, 0.2) is 29.2 Å². The average Bonchev–Trinajstić information content (AvgIpc) is 3.20. The Hall–Kier alpha value is -1.44. The molecule has 1 amide bonds. The smallest absolute Gasteiger partial charge is 0.243 e. The molecule has 6 nitrogen and oxygen atoms in total. The SMILES string of the molecule is C[C@@H](NC1CCCCCCC1)C(=O)Nc1ccc(S(=O)(=O)N2CCCC2)cc1. The quantitative estimate of drug-likeness (QED) is 0.756. The van der Waals surface area contributed by atoms with Gasteiger partial charge < -0.3 is 10.6 Å². The minimum absolute atomic E-state index is 0.0859. The summed E-state index contributed by atoms with van der Waals surface area (Å²) in [6, 6.07) is 6.62. The van der Waals surface area contributed by atoms with E-state index in [1.807, 2.05) is 6.92 Å². The topological polar surface area (TPSA) is 78.5 Å². The Morgan fingerprint density at radius 1 is 0.964 bits per heavy atom. The molecule has 1 aliphatic carbocycles. The zero-order chi connectivity index (χ0) is 20.0. The molecular weight excluding hydrogens is 374 g/mol. The summed E-state index contributed by atoms with van der Waals surface area (Å²) < 4.78 is 26.7. The van der Waals surface area contributed by atoms with Crippen LogP contribution in [0.4, 0.5) is 5.69 Å². The lowest BCUT2D eigenvalue weighted by Crippen LogP contribution is -2.44. The second kappa shape index (κ2) is 9.85. The maximum absolute atomic E-state index is 12.6. The predicted molar refractivity (Wildman–Crippen MR) is 112 cm³/mol. The van der Waals surface area contributed by atoms with Crippen LogP contribution in [0, 0.1) is 0 Å². The normalized spacial score (nSPS) is 21.0. The summed E-state index contributed by atoms with van der Waals surface area (Å²) in [5.41, 5.74) is 0.622. The molecular formula is C21H33N3O3S. The van der Waals surface area contributed by atoms with Gasteiger partial charge in [-0.2, -0.15) is 4.31 Å². The van der Waals surface area contributed by atoms with Gasteiger partial charge in [-0.15, -0.1) is 0 Å². The fourth-order valence-electron chi connectivity index (χ4n) is 4.09. The van der Waals surface area contributed by atoms with E-state index in [0.717, 1.165) is 25.7 Å². The fourth-order valence-corrected chi connectivity index (χ4v) is 5.61. The van der Waals surface area contributed by atoms with Crippen LogP contribution >= 0.6 is 0 Å². The van der Waals surface area contributed by atoms with Gasteiger partial charge in [0, 0.05) is 24.8 Å². The van der Waals surface area contributed by atoms with Gasteiger partial charge in [0.2, 0.25) is 15.9 Å². The van der Waals surface area contributed by atoms with Gasteiger partial charge in [-0.05, 0) is 56.9 Å². The minimum atomic E-state index is -3.42. The van der Waals surface area contributed by atoms with Gasteiger partial charge in [-0.3, -0.25) is 4.79 Å². The predicted octanol–water partition coefficient (Wildman–Crippen LogP) is 3.50. The molecule has 7 heteroatoms. The molecule has 0 unspecified atom stereocenters. The molecule has 0 bridgehead atoms. The molecule has 1 aromatic carbocycles. The summed E-state index contributed by atoms with van der Waals surface area (Å²) in [4.78, 5) is 12.8. The highest BCUT2D eigenvalue weighted by Crippen LogP contribution is 2.22. The lowest BCUT2D eigenvalue weighted by atomic mass is 9.96. The van der Waals surface area contributed by atoms with E-state index >= 15 is 0 Å². The Kier molecular flexibility index (Phi) is 7.48. The first kappa shape index (κ1) is 21.3. The summed E-state index contributed by atoms with van der Waals surface area (Å²) in [6.07, 6.45) is 10.4. The van der Waals surface area contributed by atoms with Crippen molar-refractivity contribution >= 4 is 21.6 Å². The Morgan fingerprint density at radius 3 is 2.14 bits per heavy atom. The molecule has 0 aromatic heterocycles. The third-order valence-corrected chi connectivity index (χ3v) is 7.72. The fraction of sp³-hybridized carbons (Fsp3) is 0.667. The molecule has 2 aliphatic rings. The van der Waals surface area contributed by atoms with Crippen molar-refractivity contribution < 1.29 is 13.2 Å². The molecule has 3 rings (SSSR count). The summed E-state index contributed by atoms with van der Waals surface area (Å²) in [5, 5.41) is 6.36. The average molecular weight is 408 g/mol. The molecule has 28 heavy (non-hydrogen) atoms. The number of amides is 1. The largest absolute Gasteiger partial charge is 0.325 e. The van der Waals surface area contributed by atoms with Gasteiger partial charge in [0.25, 0.3) is 0 Å². The third-order valence-electron chi connectivity index (χ3n) is 5.81. The van der Waals surface area contributed by atoms with Crippen LogP contribution < -0.4 is 10.6 Å². The first-order valence-corrected chi connectivity index (χ1v) is 12.1. The van der Waals surface area contributed by atoms with Gasteiger partial charge in [0.05, 0.1) is 10.9 Å². The Labute approximate surface area is 169 Å². The third kappa shape index (κ3) is 5.55. The standard InChI is InChI=1S/C21H33N3O3S/c1-17(22-18-9-5-3-2-4-6-10-18)21(25)23-19-11-13-20(14-12-19)28(26,27)24-15-7-8-16-24/h11-14,17-18,22H,2-10,15-16H2,1H3,(H,23,25)/t17-/m1/s1. The van der Waals surface area contributed by atoms with Crippen LogP contribution in [0.3, 0.4) is 0 Å². The molecule has 1 saturated carbocycles. The summed E-state index contributed by atoms with van der Waals surface area (Å²) in [5.74, 6) is -0.0859. The molecule has 0 spiro atoms. The highest BCUT2D eigenvalue weighted by atomic mass is 32.2. The molecule has 1 aromatic rings. The van der Waals surface area contributed by atoms with E-state index < -0.39 is 10.0 Å². The Bertz CT molecular complexity index is 735. The van der Waals surface area contributed by atoms with Crippen molar-refractivity contribution in [1.29, 1.82) is 0 Å². The maximum Gasteiger partial charge on any atom is 0.243 e. The van der Waals surface area contributed by atoms with Crippen LogP contribution in [-0.2, 0) is 14.8 Å². The lowest BCUT2D eigenvalue weighted by Gasteiger charge is -2.24. The van der Waals surface area contributed by atoms with Crippen LogP contribution in [0.5, 0.6) is 0 Å². The first-order valence-electron chi connectivity index (χ1n) is 10.6. The Morgan fingerprint density at radius 2 is 1.54 bits per heavy atom. The monoisotopic (exact) mass is 407 g/mol. The van der Waals surface area contributed by atoms with Gasteiger partial charge in [0.1, 0.15) is 0 Å². The number of sulfonamides is 1.